The van der Waals surface area contributed by atoms with Crippen molar-refractivity contribution in [2.45, 2.75) is 97.1 Å². The molecule has 0 aromatic heterocycles. The topological polar surface area (TPSA) is 58.2 Å². The fourth-order valence-corrected chi connectivity index (χ4v) is 4.25. The molecule has 2 saturated carbocycles. The third-order valence-electron chi connectivity index (χ3n) is 5.92. The first kappa shape index (κ1) is 19.3. The van der Waals surface area contributed by atoms with Crippen LogP contribution in [0.2, 0.25) is 0 Å². The van der Waals surface area contributed by atoms with Gasteiger partial charge in [-0.2, -0.15) is 0 Å². The van der Waals surface area contributed by atoms with Crippen LogP contribution in [0, 0.1) is 17.8 Å². The molecule has 0 bridgehead atoms. The summed E-state index contributed by atoms with van der Waals surface area (Å²) in [5.41, 5.74) is 0. The summed E-state index contributed by atoms with van der Waals surface area (Å²) in [7, 11) is 0. The molecule has 0 aliphatic heterocycles. The number of hydrogen-bond donors (Lipinski definition) is 2. The van der Waals surface area contributed by atoms with Gasteiger partial charge in [0.05, 0.1) is 0 Å². The predicted molar refractivity (Wildman–Crippen MR) is 97.5 cm³/mol. The summed E-state index contributed by atoms with van der Waals surface area (Å²) in [5.74, 6) is 2.16. The van der Waals surface area contributed by atoms with E-state index in [1.54, 1.807) is 0 Å². The Morgan fingerprint density at radius 2 is 1.29 bits per heavy atom. The predicted octanol–water partition coefficient (Wildman–Crippen LogP) is 3.79. The Hall–Kier alpha value is -1.06. The highest BCUT2D eigenvalue weighted by Gasteiger charge is 2.28. The van der Waals surface area contributed by atoms with Crippen LogP contribution >= 0.6 is 0 Å². The monoisotopic (exact) mass is 336 g/mol. The van der Waals surface area contributed by atoms with Crippen molar-refractivity contribution >= 4 is 11.8 Å². The molecule has 2 rings (SSSR count). The summed E-state index contributed by atoms with van der Waals surface area (Å²) in [6.07, 6.45) is 11.6. The molecule has 0 aromatic rings. The minimum Gasteiger partial charge on any atom is -0.353 e. The quantitative estimate of drug-likeness (QED) is 0.775. The van der Waals surface area contributed by atoms with Gasteiger partial charge in [-0.1, -0.05) is 20.8 Å². The van der Waals surface area contributed by atoms with E-state index in [0.717, 1.165) is 37.5 Å². The van der Waals surface area contributed by atoms with Gasteiger partial charge in [-0.05, 0) is 69.6 Å². The molecule has 2 aliphatic rings. The van der Waals surface area contributed by atoms with E-state index in [9.17, 15) is 9.59 Å². The van der Waals surface area contributed by atoms with Crippen molar-refractivity contribution in [3.05, 3.63) is 0 Å². The molecule has 138 valence electrons. The van der Waals surface area contributed by atoms with Crippen molar-refractivity contribution in [2.24, 2.45) is 17.8 Å². The van der Waals surface area contributed by atoms with Gasteiger partial charge < -0.3 is 10.6 Å². The Morgan fingerprint density at radius 3 is 1.71 bits per heavy atom. The minimum atomic E-state index is 0.0890. The van der Waals surface area contributed by atoms with Crippen LogP contribution in [0.4, 0.5) is 0 Å². The summed E-state index contributed by atoms with van der Waals surface area (Å²) in [4.78, 5) is 23.3. The SMILES string of the molecule is CCC(=O)NC1CCC(CC2CCC(NC(=O)C(C)C)CC2)CC1. The number of amides is 2. The van der Waals surface area contributed by atoms with E-state index in [4.69, 9.17) is 0 Å². The fourth-order valence-electron chi connectivity index (χ4n) is 4.25. The Morgan fingerprint density at radius 1 is 0.833 bits per heavy atom. The highest BCUT2D eigenvalue weighted by Crippen LogP contribution is 2.35. The largest absolute Gasteiger partial charge is 0.353 e. The maximum atomic E-state index is 11.8. The average molecular weight is 337 g/mol. The summed E-state index contributed by atoms with van der Waals surface area (Å²) < 4.78 is 0. The van der Waals surface area contributed by atoms with Crippen LogP contribution in [-0.4, -0.2) is 23.9 Å². The molecular weight excluding hydrogens is 300 g/mol. The third kappa shape index (κ3) is 6.10. The van der Waals surface area contributed by atoms with Gasteiger partial charge in [-0.3, -0.25) is 9.59 Å². The average Bonchev–Trinajstić information content (AvgIpc) is 2.58. The van der Waals surface area contributed by atoms with Crippen LogP contribution in [0.3, 0.4) is 0 Å². The van der Waals surface area contributed by atoms with Crippen molar-refractivity contribution in [3.63, 3.8) is 0 Å². The van der Waals surface area contributed by atoms with Gasteiger partial charge in [0.15, 0.2) is 0 Å². The Bertz CT molecular complexity index is 406. The van der Waals surface area contributed by atoms with E-state index in [-0.39, 0.29) is 17.7 Å². The van der Waals surface area contributed by atoms with E-state index >= 15 is 0 Å². The van der Waals surface area contributed by atoms with Crippen molar-refractivity contribution in [3.8, 4) is 0 Å². The number of rotatable bonds is 6. The summed E-state index contributed by atoms with van der Waals surface area (Å²) in [6, 6.07) is 0.812. The number of carbonyl (C=O) groups excluding carboxylic acids is 2. The molecule has 0 atom stereocenters. The van der Waals surface area contributed by atoms with Crippen molar-refractivity contribution in [1.82, 2.24) is 10.6 Å². The van der Waals surface area contributed by atoms with E-state index in [1.807, 2.05) is 20.8 Å². The lowest BCUT2D eigenvalue weighted by Crippen LogP contribution is -2.40. The summed E-state index contributed by atoms with van der Waals surface area (Å²) >= 11 is 0. The first-order valence-electron chi connectivity index (χ1n) is 10.1. The molecule has 4 nitrogen and oxygen atoms in total. The molecule has 0 heterocycles. The maximum Gasteiger partial charge on any atom is 0.222 e. The lowest BCUT2D eigenvalue weighted by Gasteiger charge is -2.34. The smallest absolute Gasteiger partial charge is 0.222 e. The number of nitrogens with one attached hydrogen (secondary N) is 2. The molecule has 24 heavy (non-hydrogen) atoms. The molecule has 4 heteroatoms. The second kappa shape index (κ2) is 9.43. The molecule has 2 fully saturated rings. The Labute approximate surface area is 147 Å². The van der Waals surface area contributed by atoms with Crippen LogP contribution in [0.15, 0.2) is 0 Å². The zero-order valence-corrected chi connectivity index (χ0v) is 15.8. The number of carbonyl (C=O) groups is 2. The molecule has 0 saturated heterocycles. The zero-order chi connectivity index (χ0) is 17.5. The second-order valence-corrected chi connectivity index (χ2v) is 8.26. The van der Waals surface area contributed by atoms with E-state index in [2.05, 4.69) is 10.6 Å². The zero-order valence-electron chi connectivity index (χ0n) is 15.8. The van der Waals surface area contributed by atoms with Crippen molar-refractivity contribution < 1.29 is 9.59 Å². The molecule has 0 aromatic carbocycles. The van der Waals surface area contributed by atoms with E-state index in [1.165, 1.54) is 32.1 Å². The van der Waals surface area contributed by atoms with Crippen LogP contribution in [-0.2, 0) is 9.59 Å². The van der Waals surface area contributed by atoms with Gasteiger partial charge in [-0.25, -0.2) is 0 Å². The van der Waals surface area contributed by atoms with Gasteiger partial charge in [0, 0.05) is 24.4 Å². The number of hydrogen-bond acceptors (Lipinski definition) is 2. The molecule has 2 amide bonds. The standard InChI is InChI=1S/C20H36N2O2/c1-4-19(23)21-17-9-5-15(6-10-17)13-16-7-11-18(12-8-16)22-20(24)14(2)3/h14-18H,4-13H2,1-3H3,(H,21,23)(H,22,24). The lowest BCUT2D eigenvalue weighted by molar-refractivity contribution is -0.125. The lowest BCUT2D eigenvalue weighted by atomic mass is 9.75. The molecule has 2 aliphatic carbocycles. The molecule has 2 N–H and O–H groups in total. The van der Waals surface area contributed by atoms with Crippen LogP contribution in [0.25, 0.3) is 0 Å². The van der Waals surface area contributed by atoms with Gasteiger partial charge >= 0.3 is 0 Å². The molecule has 0 spiro atoms. The Kier molecular flexibility index (Phi) is 7.57. The summed E-state index contributed by atoms with van der Waals surface area (Å²) in [6.45, 7) is 5.83. The van der Waals surface area contributed by atoms with Crippen LogP contribution < -0.4 is 10.6 Å². The van der Waals surface area contributed by atoms with Gasteiger partial charge in [0.2, 0.25) is 11.8 Å². The highest BCUT2D eigenvalue weighted by atomic mass is 16.2. The molecular formula is C20H36N2O2. The minimum absolute atomic E-state index is 0.0890. The highest BCUT2D eigenvalue weighted by molar-refractivity contribution is 5.78. The Balaban J connectivity index is 1.63. The van der Waals surface area contributed by atoms with Crippen LogP contribution in [0.5, 0.6) is 0 Å². The first-order chi connectivity index (χ1) is 11.5. The van der Waals surface area contributed by atoms with Gasteiger partial charge in [0.25, 0.3) is 0 Å². The van der Waals surface area contributed by atoms with Crippen molar-refractivity contribution in [2.75, 3.05) is 0 Å². The second-order valence-electron chi connectivity index (χ2n) is 8.26. The van der Waals surface area contributed by atoms with E-state index < -0.39 is 0 Å². The normalized spacial score (nSPS) is 30.8. The van der Waals surface area contributed by atoms with E-state index in [0.29, 0.717) is 18.5 Å². The third-order valence-corrected chi connectivity index (χ3v) is 5.92. The van der Waals surface area contributed by atoms with Crippen LogP contribution in [0.1, 0.15) is 85.0 Å². The molecule has 0 radical (unpaired) electrons. The maximum absolute atomic E-state index is 11.8. The van der Waals surface area contributed by atoms with Gasteiger partial charge in [-0.15, -0.1) is 0 Å². The molecule has 0 unspecified atom stereocenters. The fraction of sp³-hybridized carbons (Fsp3) is 0.900. The summed E-state index contributed by atoms with van der Waals surface area (Å²) in [5, 5.41) is 6.34. The van der Waals surface area contributed by atoms with Crippen molar-refractivity contribution in [1.29, 1.82) is 0 Å². The van der Waals surface area contributed by atoms with Gasteiger partial charge in [0.1, 0.15) is 0 Å². The first-order valence-corrected chi connectivity index (χ1v) is 10.1.